The molecule has 1 N–H and O–H groups in total. The molecule has 0 saturated carbocycles. The average Bonchev–Trinajstić information content (AvgIpc) is 3.22. The Kier molecular flexibility index (Phi) is 7.10. The molecule has 0 aromatic heterocycles. The van der Waals surface area contributed by atoms with Crippen LogP contribution in [0.3, 0.4) is 0 Å². The van der Waals surface area contributed by atoms with E-state index >= 15 is 0 Å². The lowest BCUT2D eigenvalue weighted by molar-refractivity contribution is -0.125. The van der Waals surface area contributed by atoms with Crippen LogP contribution in [-0.4, -0.2) is 49.4 Å². The topological polar surface area (TPSA) is 58.6 Å². The van der Waals surface area contributed by atoms with Crippen LogP contribution in [0.2, 0.25) is 0 Å². The molecular formula is C25H29FN2O3. The number of rotatable bonds is 7. The molecule has 0 unspecified atom stereocenters. The van der Waals surface area contributed by atoms with Gasteiger partial charge < -0.3 is 10.1 Å². The molecule has 0 aliphatic carbocycles. The lowest BCUT2D eigenvalue weighted by atomic mass is 9.87. The van der Waals surface area contributed by atoms with Gasteiger partial charge in [0.2, 0.25) is 5.91 Å². The van der Waals surface area contributed by atoms with Gasteiger partial charge in [0, 0.05) is 44.3 Å². The van der Waals surface area contributed by atoms with Gasteiger partial charge in [-0.25, -0.2) is 4.39 Å². The number of nitrogens with zero attached hydrogens (tertiary/aromatic N) is 1. The van der Waals surface area contributed by atoms with Crippen LogP contribution in [-0.2, 0) is 16.1 Å². The Labute approximate surface area is 182 Å². The van der Waals surface area contributed by atoms with E-state index in [-0.39, 0.29) is 17.5 Å². The maximum Gasteiger partial charge on any atom is 0.225 e. The number of nitrogens with one attached hydrogen (secondary N) is 1. The number of Topliss-reactive ketones (excluding diaryl/α,β-unsaturated/α-hetero) is 1. The fraction of sp³-hybridized carbons (Fsp3) is 0.440. The summed E-state index contributed by atoms with van der Waals surface area (Å²) >= 11 is 0. The van der Waals surface area contributed by atoms with Crippen LogP contribution in [0, 0.1) is 23.6 Å². The van der Waals surface area contributed by atoms with E-state index < -0.39 is 11.8 Å². The number of carbonyl (C=O) groups excluding carboxylic acids is 2. The zero-order valence-electron chi connectivity index (χ0n) is 17.6. The molecule has 31 heavy (non-hydrogen) atoms. The number of benzene rings is 2. The first-order chi connectivity index (χ1) is 15.1. The van der Waals surface area contributed by atoms with Crippen molar-refractivity contribution in [2.75, 3.05) is 32.8 Å². The Morgan fingerprint density at radius 3 is 2.48 bits per heavy atom. The predicted molar refractivity (Wildman–Crippen MR) is 116 cm³/mol. The molecule has 6 heteroatoms. The molecule has 2 aliphatic rings. The van der Waals surface area contributed by atoms with Crippen molar-refractivity contribution in [3.63, 3.8) is 0 Å². The van der Waals surface area contributed by atoms with Crippen molar-refractivity contribution in [1.29, 1.82) is 0 Å². The Morgan fingerprint density at radius 2 is 1.77 bits per heavy atom. The van der Waals surface area contributed by atoms with Gasteiger partial charge in [-0.15, -0.1) is 0 Å². The van der Waals surface area contributed by atoms with Crippen LogP contribution >= 0.6 is 0 Å². The molecular weight excluding hydrogens is 395 g/mol. The molecule has 164 valence electrons. The van der Waals surface area contributed by atoms with Crippen molar-refractivity contribution < 1.29 is 18.7 Å². The lowest BCUT2D eigenvalue weighted by Crippen LogP contribution is -2.41. The van der Waals surface area contributed by atoms with E-state index in [0.717, 1.165) is 25.0 Å². The summed E-state index contributed by atoms with van der Waals surface area (Å²) in [5, 5.41) is 3.07. The van der Waals surface area contributed by atoms with Gasteiger partial charge in [-0.2, -0.15) is 0 Å². The number of hydrogen-bond donors (Lipinski definition) is 1. The molecule has 1 amide bonds. The van der Waals surface area contributed by atoms with Gasteiger partial charge in [-0.05, 0) is 48.6 Å². The van der Waals surface area contributed by atoms with Gasteiger partial charge in [0.25, 0.3) is 0 Å². The van der Waals surface area contributed by atoms with Crippen LogP contribution < -0.4 is 5.32 Å². The van der Waals surface area contributed by atoms with Crippen LogP contribution in [0.4, 0.5) is 4.39 Å². The summed E-state index contributed by atoms with van der Waals surface area (Å²) in [6.07, 6.45) is 2.06. The van der Waals surface area contributed by atoms with Gasteiger partial charge in [0.1, 0.15) is 5.82 Å². The largest absolute Gasteiger partial charge is 0.381 e. The number of carbonyl (C=O) groups is 2. The van der Waals surface area contributed by atoms with E-state index in [1.54, 1.807) is 0 Å². The number of ketones is 1. The number of hydrogen-bond acceptors (Lipinski definition) is 4. The minimum Gasteiger partial charge on any atom is -0.381 e. The highest BCUT2D eigenvalue weighted by Crippen LogP contribution is 2.29. The lowest BCUT2D eigenvalue weighted by Gasteiger charge is -2.24. The van der Waals surface area contributed by atoms with Gasteiger partial charge in [-0.3, -0.25) is 14.5 Å². The molecule has 2 aromatic carbocycles. The van der Waals surface area contributed by atoms with Crippen LogP contribution in [0.15, 0.2) is 54.6 Å². The summed E-state index contributed by atoms with van der Waals surface area (Å²) in [5.74, 6) is -1.11. The van der Waals surface area contributed by atoms with E-state index in [1.165, 1.54) is 24.3 Å². The summed E-state index contributed by atoms with van der Waals surface area (Å²) in [4.78, 5) is 28.5. The third-order valence-electron chi connectivity index (χ3n) is 6.27. The summed E-state index contributed by atoms with van der Waals surface area (Å²) in [6, 6.07) is 15.6. The molecule has 2 aromatic rings. The monoisotopic (exact) mass is 424 g/mol. The molecule has 2 aliphatic heterocycles. The van der Waals surface area contributed by atoms with E-state index in [1.807, 2.05) is 30.3 Å². The number of halogens is 1. The minimum absolute atomic E-state index is 0.0819. The molecule has 0 spiro atoms. The van der Waals surface area contributed by atoms with Crippen LogP contribution in [0.1, 0.15) is 28.8 Å². The van der Waals surface area contributed by atoms with Crippen molar-refractivity contribution in [2.24, 2.45) is 17.8 Å². The van der Waals surface area contributed by atoms with Gasteiger partial charge in [-0.1, -0.05) is 30.3 Å². The van der Waals surface area contributed by atoms with Crippen molar-refractivity contribution in [2.45, 2.75) is 19.4 Å². The first-order valence-corrected chi connectivity index (χ1v) is 11.0. The smallest absolute Gasteiger partial charge is 0.225 e. The Hall–Kier alpha value is -2.57. The summed E-state index contributed by atoms with van der Waals surface area (Å²) in [5.41, 5.74) is 1.60. The molecule has 0 radical (unpaired) electrons. The third kappa shape index (κ3) is 5.57. The van der Waals surface area contributed by atoms with Crippen molar-refractivity contribution >= 4 is 11.7 Å². The molecule has 0 bridgehead atoms. The zero-order valence-corrected chi connectivity index (χ0v) is 17.6. The first-order valence-electron chi connectivity index (χ1n) is 11.0. The molecule has 3 atom stereocenters. The summed E-state index contributed by atoms with van der Waals surface area (Å²) < 4.78 is 18.8. The van der Waals surface area contributed by atoms with E-state index in [9.17, 15) is 14.0 Å². The first kappa shape index (κ1) is 21.7. The predicted octanol–water partition coefficient (Wildman–Crippen LogP) is 3.30. The van der Waals surface area contributed by atoms with E-state index in [4.69, 9.17) is 4.74 Å². The molecule has 2 fully saturated rings. The highest BCUT2D eigenvalue weighted by Gasteiger charge is 2.42. The second-order valence-electron chi connectivity index (χ2n) is 8.59. The molecule has 5 nitrogen and oxygen atoms in total. The van der Waals surface area contributed by atoms with Crippen LogP contribution in [0.5, 0.6) is 0 Å². The third-order valence-corrected chi connectivity index (χ3v) is 6.27. The number of amides is 1. The van der Waals surface area contributed by atoms with Crippen molar-refractivity contribution in [3.8, 4) is 0 Å². The fourth-order valence-electron chi connectivity index (χ4n) is 4.56. The second kappa shape index (κ2) is 10.2. The van der Waals surface area contributed by atoms with E-state index in [2.05, 4.69) is 10.2 Å². The summed E-state index contributed by atoms with van der Waals surface area (Å²) in [7, 11) is 0. The normalized spacial score (nSPS) is 24.1. The highest BCUT2D eigenvalue weighted by molar-refractivity contribution is 6.01. The maximum absolute atomic E-state index is 13.3. The SMILES string of the molecule is O=C(NC[C@@H]1CCCOC1)[C@@H]1CN(Cc2ccccc2)C[C@H]1C(=O)c1ccc(F)cc1. The zero-order chi connectivity index (χ0) is 21.6. The van der Waals surface area contributed by atoms with Crippen molar-refractivity contribution in [3.05, 3.63) is 71.5 Å². The number of ether oxygens (including phenoxy) is 1. The Morgan fingerprint density at radius 1 is 1.03 bits per heavy atom. The minimum atomic E-state index is -0.447. The summed E-state index contributed by atoms with van der Waals surface area (Å²) in [6.45, 7) is 3.76. The molecule has 2 saturated heterocycles. The number of likely N-dealkylation sites (tertiary alicyclic amines) is 1. The Balaban J connectivity index is 1.46. The Bertz CT molecular complexity index is 881. The fourth-order valence-corrected chi connectivity index (χ4v) is 4.56. The standard InChI is InChI=1S/C25H29FN2O3/c26-21-10-8-20(9-11-21)24(29)22-15-28(14-18-5-2-1-3-6-18)16-23(22)25(30)27-13-19-7-4-12-31-17-19/h1-3,5-6,8-11,19,22-23H,4,7,12-17H2,(H,27,30)/t19-,22+,23+/m0/s1. The maximum atomic E-state index is 13.3. The molecule has 4 rings (SSSR count). The van der Waals surface area contributed by atoms with Gasteiger partial charge in [0.15, 0.2) is 5.78 Å². The molecule has 2 heterocycles. The van der Waals surface area contributed by atoms with Gasteiger partial charge >= 0.3 is 0 Å². The highest BCUT2D eigenvalue weighted by atomic mass is 19.1. The van der Waals surface area contributed by atoms with Crippen LogP contribution in [0.25, 0.3) is 0 Å². The van der Waals surface area contributed by atoms with Gasteiger partial charge in [0.05, 0.1) is 12.5 Å². The van der Waals surface area contributed by atoms with E-state index in [0.29, 0.717) is 44.3 Å². The quantitative estimate of drug-likeness (QED) is 0.693. The van der Waals surface area contributed by atoms with Crippen molar-refractivity contribution in [1.82, 2.24) is 10.2 Å². The second-order valence-corrected chi connectivity index (χ2v) is 8.59. The average molecular weight is 425 g/mol.